The van der Waals surface area contributed by atoms with Crippen LogP contribution in [0.25, 0.3) is 0 Å². The van der Waals surface area contributed by atoms with Crippen LogP contribution in [0.2, 0.25) is 0 Å². The molecule has 1 saturated heterocycles. The predicted molar refractivity (Wildman–Crippen MR) is 123 cm³/mol. The number of carbonyl (C=O) groups is 2. The largest absolute Gasteiger partial charge is 0.332 e. The molecule has 1 saturated carbocycles. The van der Waals surface area contributed by atoms with Crippen LogP contribution in [0.5, 0.6) is 0 Å². The van der Waals surface area contributed by atoms with Crippen LogP contribution in [-0.2, 0) is 22.4 Å². The number of anilines is 1. The molecule has 2 fully saturated rings. The van der Waals surface area contributed by atoms with Gasteiger partial charge in [-0.2, -0.15) is 0 Å². The molecule has 3 aliphatic rings. The number of fused-ring (bicyclic) bond motifs is 1. The highest BCUT2D eigenvalue weighted by molar-refractivity contribution is 5.95. The van der Waals surface area contributed by atoms with Crippen molar-refractivity contribution in [3.8, 4) is 0 Å². The fourth-order valence-electron chi connectivity index (χ4n) is 5.26. The van der Waals surface area contributed by atoms with Gasteiger partial charge in [0.25, 0.3) is 0 Å². The summed E-state index contributed by atoms with van der Waals surface area (Å²) in [4.78, 5) is 39.5. The Morgan fingerprint density at radius 3 is 2.62 bits per heavy atom. The van der Waals surface area contributed by atoms with Crippen molar-refractivity contribution in [3.63, 3.8) is 0 Å². The van der Waals surface area contributed by atoms with Crippen molar-refractivity contribution in [1.82, 2.24) is 14.9 Å². The van der Waals surface area contributed by atoms with Gasteiger partial charge in [-0.25, -0.2) is 9.97 Å². The lowest BCUT2D eigenvalue weighted by molar-refractivity contribution is -0.139. The molecule has 6 heteroatoms. The first-order valence-electron chi connectivity index (χ1n) is 12.1. The molecular weight excluding hydrogens is 400 g/mol. The highest BCUT2D eigenvalue weighted by atomic mass is 16.2. The minimum Gasteiger partial charge on any atom is -0.332 e. The van der Waals surface area contributed by atoms with Crippen LogP contribution >= 0.6 is 0 Å². The number of rotatable bonds is 6. The van der Waals surface area contributed by atoms with Crippen LogP contribution in [0, 0.1) is 12.8 Å². The second kappa shape index (κ2) is 9.00. The monoisotopic (exact) mass is 432 g/mol. The minimum atomic E-state index is -0.0599. The molecule has 1 atom stereocenters. The van der Waals surface area contributed by atoms with E-state index in [0.717, 1.165) is 68.6 Å². The van der Waals surface area contributed by atoms with E-state index in [2.05, 4.69) is 24.3 Å². The highest BCUT2D eigenvalue weighted by Gasteiger charge is 2.38. The lowest BCUT2D eigenvalue weighted by atomic mass is 9.84. The molecule has 1 aromatic heterocycles. The number of aryl methyl sites for hydroxylation is 2. The van der Waals surface area contributed by atoms with Crippen LogP contribution in [0.4, 0.5) is 5.82 Å². The summed E-state index contributed by atoms with van der Waals surface area (Å²) in [7, 11) is 0. The summed E-state index contributed by atoms with van der Waals surface area (Å²) >= 11 is 0. The maximum Gasteiger partial charge on any atom is 0.228 e. The molecule has 3 heterocycles. The van der Waals surface area contributed by atoms with Crippen LogP contribution < -0.4 is 4.90 Å². The van der Waals surface area contributed by atoms with Crippen LogP contribution in [-0.4, -0.2) is 39.8 Å². The fourth-order valence-corrected chi connectivity index (χ4v) is 5.26. The van der Waals surface area contributed by atoms with E-state index in [1.54, 1.807) is 0 Å². The minimum absolute atomic E-state index is 0.0599. The van der Waals surface area contributed by atoms with E-state index < -0.39 is 0 Å². The molecule has 0 N–H and O–H groups in total. The summed E-state index contributed by atoms with van der Waals surface area (Å²) in [5, 5.41) is 0. The van der Waals surface area contributed by atoms with Crippen LogP contribution in [0.3, 0.4) is 0 Å². The van der Waals surface area contributed by atoms with Gasteiger partial charge in [-0.1, -0.05) is 36.8 Å². The fraction of sp³-hybridized carbons (Fsp3) is 0.538. The molecule has 6 nitrogen and oxygen atoms in total. The van der Waals surface area contributed by atoms with Gasteiger partial charge in [-0.3, -0.25) is 14.5 Å². The molecule has 1 aromatic carbocycles. The molecule has 2 aromatic rings. The Morgan fingerprint density at radius 1 is 1.06 bits per heavy atom. The number of amides is 2. The Labute approximate surface area is 190 Å². The van der Waals surface area contributed by atoms with Gasteiger partial charge in [0.05, 0.1) is 6.04 Å². The number of aromatic nitrogens is 2. The van der Waals surface area contributed by atoms with E-state index >= 15 is 0 Å². The van der Waals surface area contributed by atoms with Crippen molar-refractivity contribution in [2.24, 2.45) is 5.92 Å². The maximum atomic E-state index is 13.0. The Kier molecular flexibility index (Phi) is 5.94. The molecule has 0 spiro atoms. The molecule has 2 amide bonds. The van der Waals surface area contributed by atoms with E-state index in [1.165, 1.54) is 5.56 Å². The summed E-state index contributed by atoms with van der Waals surface area (Å²) in [5.41, 5.74) is 3.32. The lowest BCUT2D eigenvalue weighted by Crippen LogP contribution is -2.40. The summed E-state index contributed by atoms with van der Waals surface area (Å²) in [6, 6.07) is 10.3. The number of carbonyl (C=O) groups excluding carboxylic acids is 2. The quantitative estimate of drug-likeness (QED) is 0.687. The van der Waals surface area contributed by atoms with Gasteiger partial charge in [-0.05, 0) is 57.4 Å². The third kappa shape index (κ3) is 4.03. The number of hydrogen-bond acceptors (Lipinski definition) is 4. The third-order valence-corrected chi connectivity index (χ3v) is 7.33. The van der Waals surface area contributed by atoms with Gasteiger partial charge in [0.1, 0.15) is 5.82 Å². The van der Waals surface area contributed by atoms with E-state index in [-0.39, 0.29) is 23.8 Å². The normalized spacial score (nSPS) is 20.9. The highest BCUT2D eigenvalue weighted by Crippen LogP contribution is 2.38. The molecule has 1 unspecified atom stereocenters. The first-order valence-corrected chi connectivity index (χ1v) is 12.1. The van der Waals surface area contributed by atoms with Crippen molar-refractivity contribution in [2.45, 2.75) is 70.8 Å². The second-order valence-electron chi connectivity index (χ2n) is 9.42. The van der Waals surface area contributed by atoms with Gasteiger partial charge in [-0.15, -0.1) is 0 Å². The van der Waals surface area contributed by atoms with Crippen molar-refractivity contribution >= 4 is 17.6 Å². The van der Waals surface area contributed by atoms with Gasteiger partial charge >= 0.3 is 0 Å². The van der Waals surface area contributed by atoms with Crippen LogP contribution in [0.1, 0.15) is 73.6 Å². The summed E-state index contributed by atoms with van der Waals surface area (Å²) in [5.74, 6) is 2.09. The van der Waals surface area contributed by atoms with Crippen molar-refractivity contribution in [2.75, 3.05) is 18.0 Å². The Balaban J connectivity index is 1.38. The number of hydrogen-bond donors (Lipinski definition) is 0. The van der Waals surface area contributed by atoms with Crippen LogP contribution in [0.15, 0.2) is 30.3 Å². The number of nitrogens with zero attached hydrogens (tertiary/aromatic N) is 4. The third-order valence-electron chi connectivity index (χ3n) is 7.33. The molecule has 0 bridgehead atoms. The second-order valence-corrected chi connectivity index (χ2v) is 9.42. The Hall–Kier alpha value is -2.76. The molecule has 5 rings (SSSR count). The average Bonchev–Trinajstić information content (AvgIpc) is 3.25. The number of likely N-dealkylation sites (tertiary alicyclic amines) is 1. The molecule has 32 heavy (non-hydrogen) atoms. The zero-order valence-electron chi connectivity index (χ0n) is 18.9. The summed E-state index contributed by atoms with van der Waals surface area (Å²) in [6.45, 7) is 3.47. The SMILES string of the molecule is Cc1nc(C2CCCN2C(=O)C2CCC2)nc2c1CCC(=O)N2CCCc1ccccc1. The standard InChI is InChI=1S/C26H32N4O2/c1-18-21-14-15-23(31)30(17-6-10-19-8-3-2-4-9-19)25(21)28-24(27-18)22-13-7-16-29(22)26(32)20-11-5-12-20/h2-4,8-9,20,22H,5-7,10-17H2,1H3. The van der Waals surface area contributed by atoms with E-state index in [0.29, 0.717) is 25.2 Å². The Bertz CT molecular complexity index is 1000. The van der Waals surface area contributed by atoms with E-state index in [1.807, 2.05) is 22.8 Å². The topological polar surface area (TPSA) is 66.4 Å². The first kappa shape index (κ1) is 21.1. The van der Waals surface area contributed by atoms with Crippen molar-refractivity contribution in [3.05, 3.63) is 53.0 Å². The van der Waals surface area contributed by atoms with Crippen molar-refractivity contribution < 1.29 is 9.59 Å². The van der Waals surface area contributed by atoms with Gasteiger partial charge in [0, 0.05) is 36.7 Å². The van der Waals surface area contributed by atoms with Crippen molar-refractivity contribution in [1.29, 1.82) is 0 Å². The molecule has 2 aliphatic heterocycles. The van der Waals surface area contributed by atoms with E-state index in [4.69, 9.17) is 9.97 Å². The summed E-state index contributed by atoms with van der Waals surface area (Å²) < 4.78 is 0. The molecule has 0 radical (unpaired) electrons. The smallest absolute Gasteiger partial charge is 0.228 e. The molecule has 1 aliphatic carbocycles. The average molecular weight is 433 g/mol. The molecule has 168 valence electrons. The maximum absolute atomic E-state index is 13.0. The van der Waals surface area contributed by atoms with Gasteiger partial charge in [0.2, 0.25) is 11.8 Å². The molecular formula is C26H32N4O2. The van der Waals surface area contributed by atoms with E-state index in [9.17, 15) is 9.59 Å². The van der Waals surface area contributed by atoms with Gasteiger partial charge in [0.15, 0.2) is 5.82 Å². The predicted octanol–water partition coefficient (Wildman–Crippen LogP) is 4.16. The van der Waals surface area contributed by atoms with Gasteiger partial charge < -0.3 is 4.90 Å². The lowest BCUT2D eigenvalue weighted by Gasteiger charge is -2.33. The zero-order chi connectivity index (χ0) is 22.1. The summed E-state index contributed by atoms with van der Waals surface area (Å²) in [6.07, 6.45) is 8.10. The first-order chi connectivity index (χ1) is 15.6. The number of benzene rings is 1. The Morgan fingerprint density at radius 2 is 1.88 bits per heavy atom. The zero-order valence-corrected chi connectivity index (χ0v) is 18.9.